The van der Waals surface area contributed by atoms with Gasteiger partial charge in [0.1, 0.15) is 0 Å². The van der Waals surface area contributed by atoms with Crippen LogP contribution < -0.4 is 5.32 Å². The van der Waals surface area contributed by atoms with E-state index in [0.29, 0.717) is 18.4 Å². The lowest BCUT2D eigenvalue weighted by atomic mass is 10.3. The van der Waals surface area contributed by atoms with Gasteiger partial charge in [-0.3, -0.25) is 4.79 Å². The molecule has 1 aliphatic heterocycles. The van der Waals surface area contributed by atoms with Crippen LogP contribution in [0.15, 0.2) is 12.2 Å². The van der Waals surface area contributed by atoms with Gasteiger partial charge in [-0.25, -0.2) is 0 Å². The van der Waals surface area contributed by atoms with Crippen LogP contribution >= 0.6 is 0 Å². The SMILES string of the molecule is C/C=C/CNC(=O)C1C2COCC21.CC. The first kappa shape index (κ1) is 12.2. The van der Waals surface area contributed by atoms with E-state index in [-0.39, 0.29) is 11.8 Å². The number of fused-ring (bicyclic) bond motifs is 1. The number of carbonyl (C=O) groups excluding carboxylic acids is 1. The summed E-state index contributed by atoms with van der Waals surface area (Å²) in [6, 6.07) is 0. The van der Waals surface area contributed by atoms with Crippen molar-refractivity contribution in [2.24, 2.45) is 17.8 Å². The number of hydrogen-bond donors (Lipinski definition) is 1. The lowest BCUT2D eigenvalue weighted by Gasteiger charge is -2.03. The van der Waals surface area contributed by atoms with Crippen molar-refractivity contribution in [2.75, 3.05) is 19.8 Å². The van der Waals surface area contributed by atoms with Crippen LogP contribution in [-0.4, -0.2) is 25.7 Å². The van der Waals surface area contributed by atoms with Gasteiger partial charge < -0.3 is 10.1 Å². The van der Waals surface area contributed by atoms with Crippen molar-refractivity contribution in [1.82, 2.24) is 5.32 Å². The van der Waals surface area contributed by atoms with Crippen LogP contribution in [0, 0.1) is 17.8 Å². The molecule has 0 spiro atoms. The molecular formula is C12H21NO2. The zero-order valence-corrected chi connectivity index (χ0v) is 9.82. The summed E-state index contributed by atoms with van der Waals surface area (Å²) in [6.07, 6.45) is 3.89. The van der Waals surface area contributed by atoms with E-state index >= 15 is 0 Å². The van der Waals surface area contributed by atoms with Crippen molar-refractivity contribution in [3.05, 3.63) is 12.2 Å². The minimum atomic E-state index is 0.205. The van der Waals surface area contributed by atoms with Crippen molar-refractivity contribution in [3.8, 4) is 0 Å². The summed E-state index contributed by atoms with van der Waals surface area (Å²) in [5, 5.41) is 2.89. The second kappa shape index (κ2) is 5.91. The highest BCUT2D eigenvalue weighted by molar-refractivity contribution is 5.82. The number of allylic oxidation sites excluding steroid dienone is 1. The van der Waals surface area contributed by atoms with Gasteiger partial charge in [0.05, 0.1) is 13.2 Å². The molecule has 2 unspecified atom stereocenters. The second-order valence-corrected chi connectivity index (χ2v) is 3.71. The maximum atomic E-state index is 11.5. The average molecular weight is 211 g/mol. The highest BCUT2D eigenvalue weighted by atomic mass is 16.5. The molecule has 0 aromatic rings. The average Bonchev–Trinajstić information content (AvgIpc) is 2.76. The fourth-order valence-electron chi connectivity index (χ4n) is 2.02. The van der Waals surface area contributed by atoms with Crippen LogP contribution in [0.1, 0.15) is 20.8 Å². The normalized spacial score (nSPS) is 31.8. The largest absolute Gasteiger partial charge is 0.381 e. The summed E-state index contributed by atoms with van der Waals surface area (Å²) in [5.74, 6) is 1.49. The van der Waals surface area contributed by atoms with Crippen LogP contribution in [0.2, 0.25) is 0 Å². The number of amides is 1. The zero-order valence-electron chi connectivity index (χ0n) is 9.82. The first-order valence-corrected chi connectivity index (χ1v) is 5.81. The van der Waals surface area contributed by atoms with Gasteiger partial charge in [0.2, 0.25) is 5.91 Å². The van der Waals surface area contributed by atoms with E-state index < -0.39 is 0 Å². The predicted molar refractivity (Wildman–Crippen MR) is 60.5 cm³/mol. The molecular weight excluding hydrogens is 190 g/mol. The Kier molecular flexibility index (Phi) is 4.82. The molecule has 1 amide bonds. The van der Waals surface area contributed by atoms with Crippen molar-refractivity contribution >= 4 is 5.91 Å². The Morgan fingerprint density at radius 1 is 1.40 bits per heavy atom. The molecule has 0 aromatic carbocycles. The van der Waals surface area contributed by atoms with Gasteiger partial charge in [0.25, 0.3) is 0 Å². The van der Waals surface area contributed by atoms with Crippen LogP contribution in [0.25, 0.3) is 0 Å². The highest BCUT2D eigenvalue weighted by Crippen LogP contribution is 2.50. The number of rotatable bonds is 3. The predicted octanol–water partition coefficient (Wildman–Crippen LogP) is 1.60. The van der Waals surface area contributed by atoms with Crippen molar-refractivity contribution in [1.29, 1.82) is 0 Å². The monoisotopic (exact) mass is 211 g/mol. The van der Waals surface area contributed by atoms with Crippen molar-refractivity contribution in [2.45, 2.75) is 20.8 Å². The van der Waals surface area contributed by atoms with Gasteiger partial charge >= 0.3 is 0 Å². The Balaban J connectivity index is 0.000000531. The molecule has 1 saturated heterocycles. The summed E-state index contributed by atoms with van der Waals surface area (Å²) in [6.45, 7) is 8.18. The van der Waals surface area contributed by atoms with E-state index in [4.69, 9.17) is 4.74 Å². The summed E-state index contributed by atoms with van der Waals surface area (Å²) >= 11 is 0. The Hall–Kier alpha value is -0.830. The third-order valence-electron chi connectivity index (χ3n) is 2.88. The van der Waals surface area contributed by atoms with Crippen LogP contribution in [0.3, 0.4) is 0 Å². The van der Waals surface area contributed by atoms with Crippen LogP contribution in [0.4, 0.5) is 0 Å². The number of nitrogens with one attached hydrogen (secondary N) is 1. The number of carbonyl (C=O) groups is 1. The molecule has 3 nitrogen and oxygen atoms in total. The molecule has 0 aromatic heterocycles. The molecule has 2 rings (SSSR count). The Labute approximate surface area is 91.9 Å². The molecule has 1 N–H and O–H groups in total. The topological polar surface area (TPSA) is 38.3 Å². The Bertz CT molecular complexity index is 228. The van der Waals surface area contributed by atoms with Gasteiger partial charge in [-0.2, -0.15) is 0 Å². The van der Waals surface area contributed by atoms with Crippen molar-refractivity contribution < 1.29 is 9.53 Å². The molecule has 2 fully saturated rings. The summed E-state index contributed by atoms with van der Waals surface area (Å²) in [4.78, 5) is 11.5. The quantitative estimate of drug-likeness (QED) is 0.720. The van der Waals surface area contributed by atoms with Gasteiger partial charge in [0, 0.05) is 12.5 Å². The fraction of sp³-hybridized carbons (Fsp3) is 0.750. The minimum Gasteiger partial charge on any atom is -0.381 e. The van der Waals surface area contributed by atoms with E-state index in [9.17, 15) is 4.79 Å². The van der Waals surface area contributed by atoms with E-state index in [1.54, 1.807) is 0 Å². The molecule has 0 bridgehead atoms. The van der Waals surface area contributed by atoms with Gasteiger partial charge in [-0.05, 0) is 18.8 Å². The number of hydrogen-bond acceptors (Lipinski definition) is 2. The van der Waals surface area contributed by atoms with E-state index in [1.165, 1.54) is 0 Å². The van der Waals surface area contributed by atoms with E-state index in [0.717, 1.165) is 13.2 Å². The number of ether oxygens (including phenoxy) is 1. The van der Waals surface area contributed by atoms with Gasteiger partial charge in [-0.15, -0.1) is 0 Å². The van der Waals surface area contributed by atoms with E-state index in [2.05, 4.69) is 5.32 Å². The minimum absolute atomic E-state index is 0.205. The molecule has 2 atom stereocenters. The van der Waals surface area contributed by atoms with Crippen molar-refractivity contribution in [3.63, 3.8) is 0 Å². The Morgan fingerprint density at radius 2 is 2.00 bits per heavy atom. The first-order valence-electron chi connectivity index (χ1n) is 5.81. The lowest BCUT2D eigenvalue weighted by Crippen LogP contribution is -2.27. The second-order valence-electron chi connectivity index (χ2n) is 3.71. The molecule has 2 aliphatic rings. The molecule has 15 heavy (non-hydrogen) atoms. The highest BCUT2D eigenvalue weighted by Gasteiger charge is 2.57. The zero-order chi connectivity index (χ0) is 11.3. The Morgan fingerprint density at radius 3 is 2.53 bits per heavy atom. The molecule has 1 saturated carbocycles. The molecule has 3 heteroatoms. The van der Waals surface area contributed by atoms with Gasteiger partial charge in [0.15, 0.2) is 0 Å². The smallest absolute Gasteiger partial charge is 0.224 e. The maximum absolute atomic E-state index is 11.5. The standard InChI is InChI=1S/C10H15NO2.C2H6/c1-2-3-4-11-10(12)9-7-5-13-6-8(7)9;1-2/h2-3,7-9H,4-6H2,1H3,(H,11,12);1-2H3/b3-2+;. The third-order valence-corrected chi connectivity index (χ3v) is 2.88. The van der Waals surface area contributed by atoms with Crippen LogP contribution in [-0.2, 0) is 9.53 Å². The lowest BCUT2D eigenvalue weighted by molar-refractivity contribution is -0.123. The molecule has 0 radical (unpaired) electrons. The summed E-state index contributed by atoms with van der Waals surface area (Å²) < 4.78 is 5.22. The van der Waals surface area contributed by atoms with E-state index in [1.807, 2.05) is 32.9 Å². The summed E-state index contributed by atoms with van der Waals surface area (Å²) in [7, 11) is 0. The summed E-state index contributed by atoms with van der Waals surface area (Å²) in [5.41, 5.74) is 0. The maximum Gasteiger partial charge on any atom is 0.224 e. The van der Waals surface area contributed by atoms with Crippen LogP contribution in [0.5, 0.6) is 0 Å². The molecule has 1 aliphatic carbocycles. The molecule has 1 heterocycles. The first-order chi connectivity index (χ1) is 7.34. The molecule has 86 valence electrons. The van der Waals surface area contributed by atoms with Gasteiger partial charge in [-0.1, -0.05) is 26.0 Å². The third kappa shape index (κ3) is 2.81. The fourth-order valence-corrected chi connectivity index (χ4v) is 2.02.